The van der Waals surface area contributed by atoms with Crippen LogP contribution in [0, 0.1) is 5.92 Å². The van der Waals surface area contributed by atoms with E-state index in [4.69, 9.17) is 0 Å². The first-order chi connectivity index (χ1) is 10.2. The predicted octanol–water partition coefficient (Wildman–Crippen LogP) is 4.97. The molecule has 0 aromatic heterocycles. The van der Waals surface area contributed by atoms with E-state index in [1.165, 1.54) is 16.7 Å². The Balaban J connectivity index is 2.28. The van der Waals surface area contributed by atoms with Crippen molar-refractivity contribution in [2.75, 3.05) is 6.54 Å². The third-order valence-electron chi connectivity index (χ3n) is 3.66. The van der Waals surface area contributed by atoms with Gasteiger partial charge in [0.15, 0.2) is 0 Å². The zero-order valence-corrected chi connectivity index (χ0v) is 13.5. The maximum absolute atomic E-state index is 3.68. The largest absolute Gasteiger partial charge is 0.306 e. The minimum absolute atomic E-state index is 0.290. The first kappa shape index (κ1) is 15.8. The second-order valence-electron chi connectivity index (χ2n) is 6.14. The minimum Gasteiger partial charge on any atom is -0.306 e. The molecule has 0 saturated heterocycles. The predicted molar refractivity (Wildman–Crippen MR) is 91.6 cm³/mol. The lowest BCUT2D eigenvalue weighted by atomic mass is 9.94. The van der Waals surface area contributed by atoms with Crippen molar-refractivity contribution in [2.24, 2.45) is 5.92 Å². The van der Waals surface area contributed by atoms with Crippen LogP contribution in [-0.4, -0.2) is 6.54 Å². The molecule has 0 aliphatic rings. The summed E-state index contributed by atoms with van der Waals surface area (Å²) in [5, 5.41) is 3.68. The Labute approximate surface area is 129 Å². The molecule has 0 fully saturated rings. The third kappa shape index (κ3) is 4.71. The summed E-state index contributed by atoms with van der Waals surface area (Å²) in [7, 11) is 0. The van der Waals surface area contributed by atoms with Crippen molar-refractivity contribution in [1.82, 2.24) is 5.32 Å². The van der Waals surface area contributed by atoms with Gasteiger partial charge in [0.25, 0.3) is 0 Å². The fourth-order valence-electron chi connectivity index (χ4n) is 2.73. The van der Waals surface area contributed by atoms with Gasteiger partial charge >= 0.3 is 0 Å². The maximum atomic E-state index is 3.68. The van der Waals surface area contributed by atoms with Crippen LogP contribution < -0.4 is 5.32 Å². The van der Waals surface area contributed by atoms with Gasteiger partial charge < -0.3 is 5.32 Å². The Morgan fingerprint density at radius 3 is 2.29 bits per heavy atom. The molecule has 1 heteroatoms. The van der Waals surface area contributed by atoms with Crippen LogP contribution in [0.25, 0.3) is 0 Å². The SMILES string of the molecule is CCCNC(c1ccccc1)c1cccc(CC(C)C)c1. The van der Waals surface area contributed by atoms with E-state index in [1.54, 1.807) is 0 Å². The van der Waals surface area contributed by atoms with Crippen LogP contribution >= 0.6 is 0 Å². The summed E-state index contributed by atoms with van der Waals surface area (Å²) in [6.07, 6.45) is 2.29. The fraction of sp³-hybridized carbons (Fsp3) is 0.400. The smallest absolute Gasteiger partial charge is 0.0576 e. The number of hydrogen-bond acceptors (Lipinski definition) is 1. The molecule has 1 unspecified atom stereocenters. The maximum Gasteiger partial charge on any atom is 0.0576 e. The van der Waals surface area contributed by atoms with Crippen molar-refractivity contribution in [1.29, 1.82) is 0 Å². The molecule has 112 valence electrons. The molecule has 0 amide bonds. The Hall–Kier alpha value is -1.60. The lowest BCUT2D eigenvalue weighted by Gasteiger charge is -2.20. The van der Waals surface area contributed by atoms with E-state index >= 15 is 0 Å². The Morgan fingerprint density at radius 1 is 0.905 bits per heavy atom. The molecule has 2 aromatic rings. The van der Waals surface area contributed by atoms with E-state index < -0.39 is 0 Å². The van der Waals surface area contributed by atoms with Crippen molar-refractivity contribution < 1.29 is 0 Å². The van der Waals surface area contributed by atoms with E-state index in [0.29, 0.717) is 12.0 Å². The Morgan fingerprint density at radius 2 is 1.62 bits per heavy atom. The third-order valence-corrected chi connectivity index (χ3v) is 3.66. The Bertz CT molecular complexity index is 531. The summed E-state index contributed by atoms with van der Waals surface area (Å²) in [4.78, 5) is 0. The summed E-state index contributed by atoms with van der Waals surface area (Å²) in [5.41, 5.74) is 4.14. The van der Waals surface area contributed by atoms with Crippen LogP contribution in [0.4, 0.5) is 0 Å². The van der Waals surface area contributed by atoms with Gasteiger partial charge in [-0.15, -0.1) is 0 Å². The van der Waals surface area contributed by atoms with Gasteiger partial charge in [-0.2, -0.15) is 0 Å². The molecule has 2 rings (SSSR count). The molecule has 0 saturated carbocycles. The minimum atomic E-state index is 0.290. The fourth-order valence-corrected chi connectivity index (χ4v) is 2.73. The highest BCUT2D eigenvalue weighted by Crippen LogP contribution is 2.23. The van der Waals surface area contributed by atoms with Gasteiger partial charge in [0.05, 0.1) is 6.04 Å². The molecule has 1 nitrogen and oxygen atoms in total. The van der Waals surface area contributed by atoms with E-state index in [0.717, 1.165) is 19.4 Å². The van der Waals surface area contributed by atoms with Crippen molar-refractivity contribution in [2.45, 2.75) is 39.7 Å². The quantitative estimate of drug-likeness (QED) is 0.755. The van der Waals surface area contributed by atoms with E-state index in [9.17, 15) is 0 Å². The molecule has 2 aromatic carbocycles. The lowest BCUT2D eigenvalue weighted by molar-refractivity contribution is 0.596. The lowest BCUT2D eigenvalue weighted by Crippen LogP contribution is -2.23. The summed E-state index contributed by atoms with van der Waals surface area (Å²) in [5.74, 6) is 0.694. The summed E-state index contributed by atoms with van der Waals surface area (Å²) < 4.78 is 0. The molecule has 0 bridgehead atoms. The zero-order valence-electron chi connectivity index (χ0n) is 13.5. The van der Waals surface area contributed by atoms with Crippen LogP contribution in [0.2, 0.25) is 0 Å². The molecule has 0 heterocycles. The second kappa shape index (κ2) is 7.99. The molecule has 1 N–H and O–H groups in total. The molecule has 21 heavy (non-hydrogen) atoms. The molecular formula is C20H27N. The van der Waals surface area contributed by atoms with Crippen molar-refractivity contribution in [3.05, 3.63) is 71.3 Å². The average Bonchev–Trinajstić information content (AvgIpc) is 2.48. The van der Waals surface area contributed by atoms with Crippen LogP contribution in [0.15, 0.2) is 54.6 Å². The topological polar surface area (TPSA) is 12.0 Å². The molecule has 0 radical (unpaired) electrons. The first-order valence-corrected chi connectivity index (χ1v) is 8.08. The van der Waals surface area contributed by atoms with Crippen molar-refractivity contribution in [3.8, 4) is 0 Å². The first-order valence-electron chi connectivity index (χ1n) is 8.08. The van der Waals surface area contributed by atoms with Gasteiger partial charge in [-0.1, -0.05) is 75.4 Å². The molecular weight excluding hydrogens is 254 g/mol. The number of benzene rings is 2. The van der Waals surface area contributed by atoms with Crippen molar-refractivity contribution >= 4 is 0 Å². The van der Waals surface area contributed by atoms with Crippen LogP contribution in [-0.2, 0) is 6.42 Å². The van der Waals surface area contributed by atoms with E-state index in [-0.39, 0.29) is 0 Å². The number of hydrogen-bond donors (Lipinski definition) is 1. The van der Waals surface area contributed by atoms with Crippen LogP contribution in [0.1, 0.15) is 49.9 Å². The van der Waals surface area contributed by atoms with Gasteiger partial charge in [0, 0.05) is 0 Å². The highest BCUT2D eigenvalue weighted by molar-refractivity contribution is 5.34. The van der Waals surface area contributed by atoms with Crippen molar-refractivity contribution in [3.63, 3.8) is 0 Å². The summed E-state index contributed by atoms with van der Waals surface area (Å²) in [6.45, 7) is 7.80. The van der Waals surface area contributed by atoms with Gasteiger partial charge in [0.2, 0.25) is 0 Å². The Kier molecular flexibility index (Phi) is 6.01. The van der Waals surface area contributed by atoms with Gasteiger partial charge in [-0.05, 0) is 42.0 Å². The highest BCUT2D eigenvalue weighted by Gasteiger charge is 2.13. The number of nitrogens with one attached hydrogen (secondary N) is 1. The summed E-state index contributed by atoms with van der Waals surface area (Å²) in [6, 6.07) is 20.1. The van der Waals surface area contributed by atoms with E-state index in [1.807, 2.05) is 0 Å². The molecule has 0 aliphatic carbocycles. The summed E-state index contributed by atoms with van der Waals surface area (Å²) >= 11 is 0. The number of rotatable bonds is 7. The van der Waals surface area contributed by atoms with Crippen LogP contribution in [0.3, 0.4) is 0 Å². The van der Waals surface area contributed by atoms with Gasteiger partial charge in [0.1, 0.15) is 0 Å². The molecule has 0 spiro atoms. The van der Waals surface area contributed by atoms with Crippen LogP contribution in [0.5, 0.6) is 0 Å². The standard InChI is InChI=1S/C20H27N/c1-4-13-21-20(18-10-6-5-7-11-18)19-12-8-9-17(15-19)14-16(2)3/h5-12,15-16,20-21H,4,13-14H2,1-3H3. The zero-order chi connectivity index (χ0) is 15.1. The molecule has 0 aliphatic heterocycles. The average molecular weight is 281 g/mol. The van der Waals surface area contributed by atoms with Gasteiger partial charge in [-0.3, -0.25) is 0 Å². The normalized spacial score (nSPS) is 12.6. The monoisotopic (exact) mass is 281 g/mol. The van der Waals surface area contributed by atoms with Gasteiger partial charge in [-0.25, -0.2) is 0 Å². The second-order valence-corrected chi connectivity index (χ2v) is 6.14. The molecule has 1 atom stereocenters. The van der Waals surface area contributed by atoms with E-state index in [2.05, 4.69) is 80.7 Å². The highest BCUT2D eigenvalue weighted by atomic mass is 14.9.